The molecule has 0 unspecified atom stereocenters. The Balaban J connectivity index is 2.34. The molecule has 0 aliphatic carbocycles. The molecule has 1 aromatic rings. The van der Waals surface area contributed by atoms with Crippen molar-refractivity contribution in [3.8, 4) is 0 Å². The number of hydrogen-bond acceptors (Lipinski definition) is 4. The number of sulfonamides is 1. The van der Waals surface area contributed by atoms with E-state index in [-0.39, 0.29) is 24.9 Å². The first-order valence-corrected chi connectivity index (χ1v) is 10.3. The van der Waals surface area contributed by atoms with Gasteiger partial charge < -0.3 is 4.74 Å². The van der Waals surface area contributed by atoms with Gasteiger partial charge in [0.2, 0.25) is 10.0 Å². The number of carbonyl (C=O) groups excluding carboxylic acids is 1. The molecule has 1 aliphatic rings. The van der Waals surface area contributed by atoms with E-state index in [1.165, 1.54) is 10.4 Å². The fourth-order valence-electron chi connectivity index (χ4n) is 3.29. The van der Waals surface area contributed by atoms with Crippen LogP contribution in [0.4, 0.5) is 0 Å². The van der Waals surface area contributed by atoms with Gasteiger partial charge in [0, 0.05) is 18.1 Å². The predicted molar refractivity (Wildman–Crippen MR) is 99.0 cm³/mol. The summed E-state index contributed by atoms with van der Waals surface area (Å²) in [6.07, 6.45) is 2.95. The summed E-state index contributed by atoms with van der Waals surface area (Å²) in [6, 6.07) is 7.29. The fourth-order valence-corrected chi connectivity index (χ4v) is 4.86. The third-order valence-electron chi connectivity index (χ3n) is 4.40. The third kappa shape index (κ3) is 4.84. The quantitative estimate of drug-likeness (QED) is 0.534. The third-order valence-corrected chi connectivity index (χ3v) is 6.39. The molecule has 0 bridgehead atoms. The van der Waals surface area contributed by atoms with Crippen LogP contribution in [0.5, 0.6) is 0 Å². The summed E-state index contributed by atoms with van der Waals surface area (Å²) in [5.74, 6) is -0.489. The molecule has 1 aliphatic heterocycles. The molecule has 1 aromatic carbocycles. The summed E-state index contributed by atoms with van der Waals surface area (Å²) in [4.78, 5) is 12.7. The lowest BCUT2D eigenvalue weighted by Crippen LogP contribution is -2.52. The van der Waals surface area contributed by atoms with E-state index in [0.717, 1.165) is 5.56 Å². The number of benzene rings is 1. The zero-order chi connectivity index (χ0) is 18.5. The fraction of sp³-hybridized carbons (Fsp3) is 0.500. The smallest absolute Gasteiger partial charge is 0.313 e. The highest BCUT2D eigenvalue weighted by atomic mass is 35.5. The van der Waals surface area contributed by atoms with Gasteiger partial charge in [0.1, 0.15) is 0 Å². The molecule has 25 heavy (non-hydrogen) atoms. The maximum atomic E-state index is 12.7. The molecule has 7 heteroatoms. The standard InChI is InChI=1S/C18H24ClNO4S/c1-3-11-25(22,23)20-10-6-9-18(14-20,17(21)24-4-2)13-15-7-5-8-16(19)12-15/h3,5,7-8,12H,1,4,6,9-11,13-14H2,2H3/t18-/m1/s1. The van der Waals surface area contributed by atoms with Crippen molar-refractivity contribution < 1.29 is 17.9 Å². The number of piperidine rings is 1. The van der Waals surface area contributed by atoms with E-state index in [1.54, 1.807) is 19.1 Å². The van der Waals surface area contributed by atoms with E-state index in [9.17, 15) is 13.2 Å². The maximum Gasteiger partial charge on any atom is 0.313 e. The number of halogens is 1. The Bertz CT molecular complexity index is 734. The zero-order valence-electron chi connectivity index (χ0n) is 14.4. The Kier molecular flexibility index (Phi) is 6.65. The Morgan fingerprint density at radius 1 is 1.48 bits per heavy atom. The molecule has 0 radical (unpaired) electrons. The summed E-state index contributed by atoms with van der Waals surface area (Å²) >= 11 is 6.06. The summed E-state index contributed by atoms with van der Waals surface area (Å²) in [5, 5.41) is 0.587. The number of carbonyl (C=O) groups is 1. The average molecular weight is 386 g/mol. The van der Waals surface area contributed by atoms with Gasteiger partial charge in [0.15, 0.2) is 0 Å². The van der Waals surface area contributed by atoms with Crippen LogP contribution in [0.3, 0.4) is 0 Å². The molecule has 2 rings (SSSR count). The van der Waals surface area contributed by atoms with Gasteiger partial charge >= 0.3 is 5.97 Å². The summed E-state index contributed by atoms with van der Waals surface area (Å²) in [5.41, 5.74) is -0.00350. The predicted octanol–water partition coefficient (Wildman–Crippen LogP) is 3.04. The Morgan fingerprint density at radius 2 is 2.24 bits per heavy atom. The molecule has 0 aromatic heterocycles. The molecule has 1 heterocycles. The van der Waals surface area contributed by atoms with E-state index in [0.29, 0.717) is 30.8 Å². The number of nitrogens with zero attached hydrogens (tertiary/aromatic N) is 1. The van der Waals surface area contributed by atoms with Crippen molar-refractivity contribution >= 4 is 27.6 Å². The maximum absolute atomic E-state index is 12.7. The molecule has 0 amide bonds. The number of hydrogen-bond donors (Lipinski definition) is 0. The van der Waals surface area contributed by atoms with E-state index >= 15 is 0 Å². The molecule has 0 spiro atoms. The second kappa shape index (κ2) is 8.34. The summed E-state index contributed by atoms with van der Waals surface area (Å²) in [7, 11) is -3.47. The highest BCUT2D eigenvalue weighted by Gasteiger charge is 2.46. The lowest BCUT2D eigenvalue weighted by Gasteiger charge is -2.40. The zero-order valence-corrected chi connectivity index (χ0v) is 16.0. The highest BCUT2D eigenvalue weighted by Crippen LogP contribution is 2.36. The average Bonchev–Trinajstić information content (AvgIpc) is 2.55. The van der Waals surface area contributed by atoms with Gasteiger partial charge in [-0.2, -0.15) is 0 Å². The summed E-state index contributed by atoms with van der Waals surface area (Å²) in [6.45, 7) is 6.05. The minimum atomic E-state index is -3.47. The number of ether oxygens (including phenoxy) is 1. The van der Waals surface area contributed by atoms with Gasteiger partial charge in [-0.25, -0.2) is 12.7 Å². The molecule has 0 N–H and O–H groups in total. The van der Waals surface area contributed by atoms with Crippen molar-refractivity contribution in [3.05, 3.63) is 47.5 Å². The van der Waals surface area contributed by atoms with Gasteiger partial charge in [-0.05, 0) is 43.9 Å². The van der Waals surface area contributed by atoms with E-state index in [4.69, 9.17) is 16.3 Å². The first kappa shape index (κ1) is 19.9. The van der Waals surface area contributed by atoms with Gasteiger partial charge in [-0.3, -0.25) is 4.79 Å². The van der Waals surface area contributed by atoms with Crippen LogP contribution >= 0.6 is 11.6 Å². The van der Waals surface area contributed by atoms with Crippen molar-refractivity contribution in [2.75, 3.05) is 25.4 Å². The molecule has 138 valence electrons. The number of rotatable bonds is 7. The van der Waals surface area contributed by atoms with Gasteiger partial charge in [0.05, 0.1) is 17.8 Å². The largest absolute Gasteiger partial charge is 0.466 e. The Hall–Kier alpha value is -1.37. The number of esters is 1. The van der Waals surface area contributed by atoms with Crippen LogP contribution < -0.4 is 0 Å². The monoisotopic (exact) mass is 385 g/mol. The first-order chi connectivity index (χ1) is 11.8. The van der Waals surface area contributed by atoms with Gasteiger partial charge in [-0.15, -0.1) is 6.58 Å². The van der Waals surface area contributed by atoms with Crippen LogP contribution in [0.2, 0.25) is 5.02 Å². The molecule has 1 atom stereocenters. The van der Waals surface area contributed by atoms with Crippen molar-refractivity contribution in [1.29, 1.82) is 0 Å². The molecular weight excluding hydrogens is 362 g/mol. The van der Waals surface area contributed by atoms with Crippen LogP contribution in [0.15, 0.2) is 36.9 Å². The topological polar surface area (TPSA) is 63.7 Å². The van der Waals surface area contributed by atoms with Crippen molar-refractivity contribution in [2.24, 2.45) is 5.41 Å². The van der Waals surface area contributed by atoms with E-state index in [2.05, 4.69) is 6.58 Å². The van der Waals surface area contributed by atoms with Crippen LogP contribution in [0, 0.1) is 5.41 Å². The summed E-state index contributed by atoms with van der Waals surface area (Å²) < 4.78 is 31.6. The molecule has 0 saturated carbocycles. The molecule has 1 fully saturated rings. The van der Waals surface area contributed by atoms with Crippen LogP contribution in [0.1, 0.15) is 25.3 Å². The van der Waals surface area contributed by atoms with Gasteiger partial charge in [-0.1, -0.05) is 29.8 Å². The first-order valence-electron chi connectivity index (χ1n) is 8.33. The Morgan fingerprint density at radius 3 is 2.88 bits per heavy atom. The lowest BCUT2D eigenvalue weighted by atomic mass is 9.75. The lowest BCUT2D eigenvalue weighted by molar-refractivity contribution is -0.157. The second-order valence-corrected chi connectivity index (χ2v) is 8.76. The SMILES string of the molecule is C=CCS(=O)(=O)N1CCC[C@](Cc2cccc(Cl)c2)(C(=O)OCC)C1. The van der Waals surface area contributed by atoms with E-state index < -0.39 is 15.4 Å². The van der Waals surface area contributed by atoms with Gasteiger partial charge in [0.25, 0.3) is 0 Å². The minimum Gasteiger partial charge on any atom is -0.466 e. The Labute approximate surface area is 154 Å². The van der Waals surface area contributed by atoms with E-state index in [1.807, 2.05) is 12.1 Å². The highest BCUT2D eigenvalue weighted by molar-refractivity contribution is 7.89. The minimum absolute atomic E-state index is 0.120. The van der Waals surface area contributed by atoms with Crippen LogP contribution in [-0.2, 0) is 26.0 Å². The second-order valence-electron chi connectivity index (χ2n) is 6.31. The van der Waals surface area contributed by atoms with Crippen LogP contribution in [0.25, 0.3) is 0 Å². The van der Waals surface area contributed by atoms with Crippen molar-refractivity contribution in [1.82, 2.24) is 4.31 Å². The molecule has 1 saturated heterocycles. The van der Waals surface area contributed by atoms with Crippen LogP contribution in [-0.4, -0.2) is 44.1 Å². The molecular formula is C18H24ClNO4S. The van der Waals surface area contributed by atoms with Crippen molar-refractivity contribution in [2.45, 2.75) is 26.2 Å². The normalized spacial score (nSPS) is 21.7. The van der Waals surface area contributed by atoms with Crippen molar-refractivity contribution in [3.63, 3.8) is 0 Å². The molecule has 5 nitrogen and oxygen atoms in total.